The summed E-state index contributed by atoms with van der Waals surface area (Å²) in [6.07, 6.45) is -2.59. The Bertz CT molecular complexity index is 872. The third-order valence-electron chi connectivity index (χ3n) is 5.63. The molecule has 7 heteroatoms. The lowest BCUT2D eigenvalue weighted by molar-refractivity contribution is -0.189. The molecule has 2 heterocycles. The van der Waals surface area contributed by atoms with Gasteiger partial charge in [-0.1, -0.05) is 0 Å². The van der Waals surface area contributed by atoms with Gasteiger partial charge in [0.15, 0.2) is 0 Å². The average Bonchev–Trinajstić information content (AvgIpc) is 3.11. The van der Waals surface area contributed by atoms with Crippen LogP contribution in [0.1, 0.15) is 12.0 Å². The van der Waals surface area contributed by atoms with Crippen LogP contribution in [0.15, 0.2) is 30.5 Å². The second-order valence-electron chi connectivity index (χ2n) is 6.74. The van der Waals surface area contributed by atoms with Crippen LogP contribution in [0.3, 0.4) is 0 Å². The number of hydrogen-bond donors (Lipinski definition) is 1. The van der Waals surface area contributed by atoms with Gasteiger partial charge in [-0.05, 0) is 30.7 Å². The molecule has 0 bridgehead atoms. The van der Waals surface area contributed by atoms with Crippen LogP contribution in [-0.4, -0.2) is 30.8 Å². The molecule has 24 heavy (non-hydrogen) atoms. The second kappa shape index (κ2) is 4.61. The minimum atomic E-state index is -4.26. The van der Waals surface area contributed by atoms with Gasteiger partial charge in [0.2, 0.25) is 0 Å². The Balaban J connectivity index is 1.80. The fourth-order valence-electron chi connectivity index (χ4n) is 4.23. The Morgan fingerprint density at radius 3 is 2.71 bits per heavy atom. The molecule has 0 radical (unpaired) electrons. The van der Waals surface area contributed by atoms with Crippen molar-refractivity contribution < 1.29 is 13.2 Å². The number of hydrogen-bond acceptors (Lipinski definition) is 4. The molecule has 1 saturated carbocycles. The summed E-state index contributed by atoms with van der Waals surface area (Å²) in [5, 5.41) is 9.90. The standard InChI is InChI=1S/C17H15F3N4/c18-17(19,20)16-7-15(16,8-22)9-24(10-16)13-4-3-11(6-21)14-12(13)2-1-5-23-14/h1-5H,7-10,22H2. The fraction of sp³-hybridized carbons (Fsp3) is 0.412. The van der Waals surface area contributed by atoms with E-state index in [9.17, 15) is 18.4 Å². The van der Waals surface area contributed by atoms with E-state index in [4.69, 9.17) is 5.73 Å². The van der Waals surface area contributed by atoms with Crippen LogP contribution in [0.5, 0.6) is 0 Å². The van der Waals surface area contributed by atoms with Crippen LogP contribution in [0, 0.1) is 22.2 Å². The molecule has 1 saturated heterocycles. The maximum atomic E-state index is 13.6. The van der Waals surface area contributed by atoms with Crippen LogP contribution in [0.4, 0.5) is 18.9 Å². The lowest BCUT2D eigenvalue weighted by Gasteiger charge is -2.25. The molecule has 2 aliphatic rings. The SMILES string of the molecule is N#Cc1ccc(N2CC3(CN)CC3(C(F)(F)F)C2)c2cccnc12. The zero-order valence-electron chi connectivity index (χ0n) is 12.8. The zero-order chi connectivity index (χ0) is 17.2. The van der Waals surface area contributed by atoms with Crippen LogP contribution in [0.2, 0.25) is 0 Å². The molecule has 2 unspecified atom stereocenters. The number of rotatable bonds is 2. The highest BCUT2D eigenvalue weighted by Gasteiger charge is 2.82. The Morgan fingerprint density at radius 2 is 2.08 bits per heavy atom. The molecular weight excluding hydrogens is 317 g/mol. The fourth-order valence-corrected chi connectivity index (χ4v) is 4.23. The van der Waals surface area contributed by atoms with Crippen molar-refractivity contribution >= 4 is 16.6 Å². The molecule has 2 fully saturated rings. The minimum Gasteiger partial charge on any atom is -0.369 e. The molecule has 0 spiro atoms. The largest absolute Gasteiger partial charge is 0.396 e. The molecule has 4 nitrogen and oxygen atoms in total. The van der Waals surface area contributed by atoms with Crippen LogP contribution >= 0.6 is 0 Å². The van der Waals surface area contributed by atoms with E-state index >= 15 is 0 Å². The maximum Gasteiger partial charge on any atom is 0.396 e. The van der Waals surface area contributed by atoms with Crippen molar-refractivity contribution in [2.75, 3.05) is 24.5 Å². The summed E-state index contributed by atoms with van der Waals surface area (Å²) < 4.78 is 40.8. The molecule has 1 aliphatic carbocycles. The number of nitriles is 1. The average molecular weight is 332 g/mol. The van der Waals surface area contributed by atoms with Crippen molar-refractivity contribution in [2.24, 2.45) is 16.6 Å². The Morgan fingerprint density at radius 1 is 1.29 bits per heavy atom. The van der Waals surface area contributed by atoms with Crippen molar-refractivity contribution in [1.82, 2.24) is 4.98 Å². The van der Waals surface area contributed by atoms with Gasteiger partial charge < -0.3 is 10.6 Å². The van der Waals surface area contributed by atoms with Gasteiger partial charge in [0.1, 0.15) is 6.07 Å². The highest BCUT2D eigenvalue weighted by Crippen LogP contribution is 2.74. The first kappa shape index (κ1) is 15.2. The number of pyridine rings is 1. The van der Waals surface area contributed by atoms with Crippen LogP contribution in [-0.2, 0) is 0 Å². The van der Waals surface area contributed by atoms with E-state index in [0.29, 0.717) is 22.2 Å². The summed E-state index contributed by atoms with van der Waals surface area (Å²) in [7, 11) is 0. The summed E-state index contributed by atoms with van der Waals surface area (Å²) in [5.41, 5.74) is 4.71. The van der Waals surface area contributed by atoms with Crippen molar-refractivity contribution in [3.63, 3.8) is 0 Å². The van der Waals surface area contributed by atoms with Gasteiger partial charge in [0, 0.05) is 42.3 Å². The van der Waals surface area contributed by atoms with Gasteiger partial charge in [0.05, 0.1) is 16.5 Å². The van der Waals surface area contributed by atoms with Crippen molar-refractivity contribution in [2.45, 2.75) is 12.6 Å². The highest BCUT2D eigenvalue weighted by molar-refractivity contribution is 5.95. The molecule has 1 aromatic heterocycles. The quantitative estimate of drug-likeness (QED) is 0.918. The first-order chi connectivity index (χ1) is 11.4. The third kappa shape index (κ3) is 1.75. The molecule has 124 valence electrons. The van der Waals surface area contributed by atoms with Crippen LogP contribution < -0.4 is 10.6 Å². The number of nitrogens with two attached hydrogens (primary N) is 1. The number of halogens is 3. The lowest BCUT2D eigenvalue weighted by atomic mass is 9.96. The first-order valence-corrected chi connectivity index (χ1v) is 7.67. The number of benzene rings is 1. The molecule has 0 amide bonds. The van der Waals surface area contributed by atoms with Crippen molar-refractivity contribution in [3.8, 4) is 6.07 Å². The second-order valence-corrected chi connectivity index (χ2v) is 6.74. The minimum absolute atomic E-state index is 0.0233. The zero-order valence-corrected chi connectivity index (χ0v) is 12.8. The predicted molar refractivity (Wildman–Crippen MR) is 83.3 cm³/mol. The van der Waals surface area contributed by atoms with E-state index in [0.717, 1.165) is 0 Å². The third-order valence-corrected chi connectivity index (χ3v) is 5.63. The van der Waals surface area contributed by atoms with E-state index in [1.54, 1.807) is 35.4 Å². The predicted octanol–water partition coefficient (Wildman–Crippen LogP) is 2.82. The van der Waals surface area contributed by atoms with E-state index in [2.05, 4.69) is 11.1 Å². The molecule has 2 aromatic rings. The van der Waals surface area contributed by atoms with E-state index in [1.165, 1.54) is 0 Å². The topological polar surface area (TPSA) is 65.9 Å². The van der Waals surface area contributed by atoms with Crippen LogP contribution in [0.25, 0.3) is 10.9 Å². The highest BCUT2D eigenvalue weighted by atomic mass is 19.4. The molecule has 2 atom stereocenters. The van der Waals surface area contributed by atoms with Crippen molar-refractivity contribution in [1.29, 1.82) is 5.26 Å². The van der Waals surface area contributed by atoms with Gasteiger partial charge in [-0.25, -0.2) is 0 Å². The van der Waals surface area contributed by atoms with Gasteiger partial charge in [-0.2, -0.15) is 18.4 Å². The first-order valence-electron chi connectivity index (χ1n) is 7.67. The number of aromatic nitrogens is 1. The van der Waals surface area contributed by atoms with Gasteiger partial charge in [-0.15, -0.1) is 0 Å². The Kier molecular flexibility index (Phi) is 2.92. The number of alkyl halides is 3. The summed E-state index contributed by atoms with van der Waals surface area (Å²) in [5.74, 6) is 0. The normalized spacial score (nSPS) is 28.7. The smallest absolute Gasteiger partial charge is 0.369 e. The number of fused-ring (bicyclic) bond motifs is 2. The van der Waals surface area contributed by atoms with E-state index in [-0.39, 0.29) is 26.1 Å². The molecule has 2 N–H and O–H groups in total. The van der Waals surface area contributed by atoms with E-state index < -0.39 is 17.0 Å². The Hall–Kier alpha value is -2.33. The lowest BCUT2D eigenvalue weighted by Crippen LogP contribution is -2.34. The summed E-state index contributed by atoms with van der Waals surface area (Å²) >= 11 is 0. The molecule has 1 aromatic carbocycles. The molecule has 4 rings (SSSR count). The summed E-state index contributed by atoms with van der Waals surface area (Å²) in [4.78, 5) is 5.97. The molecular formula is C17H15F3N4. The maximum absolute atomic E-state index is 13.6. The Labute approximate surface area is 136 Å². The van der Waals surface area contributed by atoms with Crippen molar-refractivity contribution in [3.05, 3.63) is 36.0 Å². The van der Waals surface area contributed by atoms with Gasteiger partial charge in [-0.3, -0.25) is 4.98 Å². The van der Waals surface area contributed by atoms with Gasteiger partial charge >= 0.3 is 6.18 Å². The van der Waals surface area contributed by atoms with E-state index in [1.807, 2.05) is 0 Å². The number of piperidine rings is 1. The number of nitrogens with zero attached hydrogens (tertiary/aromatic N) is 3. The summed E-state index contributed by atoms with van der Waals surface area (Å²) in [6.45, 7) is 0.206. The monoisotopic (exact) mass is 332 g/mol. The summed E-state index contributed by atoms with van der Waals surface area (Å²) in [6, 6.07) is 8.91. The number of anilines is 1. The molecule has 1 aliphatic heterocycles. The van der Waals surface area contributed by atoms with Gasteiger partial charge in [0.25, 0.3) is 0 Å².